The number of anilines is 1. The molecular formula is C32H40N4O6. The molecule has 2 aromatic carbocycles. The maximum Gasteiger partial charge on any atom is 0.322 e. The van der Waals surface area contributed by atoms with E-state index in [4.69, 9.17) is 18.6 Å². The summed E-state index contributed by atoms with van der Waals surface area (Å²) in [6, 6.07) is 16.8. The average Bonchev–Trinajstić information content (AvgIpc) is 3.69. The third kappa shape index (κ3) is 8.04. The van der Waals surface area contributed by atoms with Crippen molar-refractivity contribution in [3.8, 4) is 11.5 Å². The van der Waals surface area contributed by atoms with Gasteiger partial charge in [0.1, 0.15) is 12.3 Å². The molecule has 0 atom stereocenters. The lowest BCUT2D eigenvalue weighted by Crippen LogP contribution is -2.45. The molecule has 0 saturated carbocycles. The van der Waals surface area contributed by atoms with E-state index in [9.17, 15) is 9.59 Å². The first-order chi connectivity index (χ1) is 20.4. The Hall–Kier alpha value is -4.02. The van der Waals surface area contributed by atoms with Crippen molar-refractivity contribution in [3.05, 3.63) is 77.7 Å². The molecule has 42 heavy (non-hydrogen) atoms. The van der Waals surface area contributed by atoms with E-state index in [1.54, 1.807) is 22.1 Å². The van der Waals surface area contributed by atoms with Gasteiger partial charge in [0.2, 0.25) is 12.7 Å². The van der Waals surface area contributed by atoms with Crippen LogP contribution in [0.2, 0.25) is 0 Å². The Morgan fingerprint density at radius 3 is 2.48 bits per heavy atom. The van der Waals surface area contributed by atoms with Crippen LogP contribution in [0.4, 0.5) is 10.5 Å². The number of benzene rings is 2. The highest BCUT2D eigenvalue weighted by Crippen LogP contribution is 2.33. The highest BCUT2D eigenvalue weighted by atomic mass is 16.7. The van der Waals surface area contributed by atoms with Gasteiger partial charge in [-0.05, 0) is 59.9 Å². The molecule has 3 heterocycles. The first-order valence-electron chi connectivity index (χ1n) is 14.6. The lowest BCUT2D eigenvalue weighted by atomic mass is 10.0. The highest BCUT2D eigenvalue weighted by molar-refractivity contribution is 5.92. The van der Waals surface area contributed by atoms with Crippen molar-refractivity contribution < 1.29 is 28.2 Å². The molecule has 5 rings (SSSR count). The monoisotopic (exact) mass is 576 g/mol. The number of nitrogens with one attached hydrogen (secondary N) is 1. The van der Waals surface area contributed by atoms with E-state index < -0.39 is 0 Å². The van der Waals surface area contributed by atoms with Gasteiger partial charge in [-0.3, -0.25) is 9.69 Å². The molecule has 10 heteroatoms. The third-order valence-corrected chi connectivity index (χ3v) is 7.54. The maximum atomic E-state index is 13.8. The van der Waals surface area contributed by atoms with Gasteiger partial charge in [-0.1, -0.05) is 32.0 Å². The fourth-order valence-electron chi connectivity index (χ4n) is 5.06. The fourth-order valence-corrected chi connectivity index (χ4v) is 5.06. The third-order valence-electron chi connectivity index (χ3n) is 7.54. The summed E-state index contributed by atoms with van der Waals surface area (Å²) in [7, 11) is 0. The maximum absolute atomic E-state index is 13.8. The van der Waals surface area contributed by atoms with E-state index in [2.05, 4.69) is 24.1 Å². The van der Waals surface area contributed by atoms with Crippen molar-refractivity contribution in [2.75, 3.05) is 58.0 Å². The number of nitrogens with zero attached hydrogens (tertiary/aromatic N) is 3. The summed E-state index contributed by atoms with van der Waals surface area (Å²) in [6.07, 6.45) is 2.34. The normalized spacial score (nSPS) is 14.6. The van der Waals surface area contributed by atoms with Gasteiger partial charge in [-0.2, -0.15) is 0 Å². The number of urea groups is 1. The summed E-state index contributed by atoms with van der Waals surface area (Å²) in [5.41, 5.74) is 2.79. The number of morpholine rings is 1. The zero-order chi connectivity index (χ0) is 29.3. The molecular weight excluding hydrogens is 536 g/mol. The van der Waals surface area contributed by atoms with E-state index in [0.717, 1.165) is 44.8 Å². The van der Waals surface area contributed by atoms with Crippen LogP contribution in [0.1, 0.15) is 43.1 Å². The predicted octanol–water partition coefficient (Wildman–Crippen LogP) is 4.92. The lowest BCUT2D eigenvalue weighted by molar-refractivity contribution is -0.133. The number of carbonyl (C=O) groups is 2. The van der Waals surface area contributed by atoms with Crippen molar-refractivity contribution in [2.24, 2.45) is 0 Å². The minimum Gasteiger partial charge on any atom is -0.467 e. The van der Waals surface area contributed by atoms with Crippen molar-refractivity contribution in [2.45, 2.75) is 39.3 Å². The number of hydrogen-bond acceptors (Lipinski definition) is 7. The van der Waals surface area contributed by atoms with Crippen molar-refractivity contribution in [1.82, 2.24) is 14.7 Å². The van der Waals surface area contributed by atoms with Crippen LogP contribution in [0.15, 0.2) is 65.3 Å². The minimum atomic E-state index is -0.302. The van der Waals surface area contributed by atoms with Gasteiger partial charge in [0, 0.05) is 38.4 Å². The standard InChI is InChI=1S/C32H40N4O6/c1-24(2)26-7-9-27(10-8-26)33-32(38)35(13-4-12-34-14-17-39-18-15-34)22-31(37)36(21-28-5-3-16-40-28)20-25-6-11-29-30(19-25)42-23-41-29/h3,5-11,16,19,24H,4,12-15,17-18,20-23H2,1-2H3,(H,33,38). The van der Waals surface area contributed by atoms with Gasteiger partial charge >= 0.3 is 6.03 Å². The Morgan fingerprint density at radius 1 is 0.952 bits per heavy atom. The van der Waals surface area contributed by atoms with Crippen LogP contribution in [0.25, 0.3) is 0 Å². The smallest absolute Gasteiger partial charge is 0.322 e. The zero-order valence-corrected chi connectivity index (χ0v) is 24.4. The largest absolute Gasteiger partial charge is 0.467 e. The fraction of sp³-hybridized carbons (Fsp3) is 0.438. The number of carbonyl (C=O) groups excluding carboxylic acids is 2. The molecule has 1 fully saturated rings. The highest BCUT2D eigenvalue weighted by Gasteiger charge is 2.24. The molecule has 2 aliphatic heterocycles. The van der Waals surface area contributed by atoms with Crippen LogP contribution in [0.5, 0.6) is 11.5 Å². The molecule has 1 saturated heterocycles. The minimum absolute atomic E-state index is 0.0652. The average molecular weight is 577 g/mol. The first kappa shape index (κ1) is 29.5. The van der Waals surface area contributed by atoms with Crippen LogP contribution in [-0.2, 0) is 22.6 Å². The van der Waals surface area contributed by atoms with Gasteiger partial charge in [0.05, 0.1) is 26.0 Å². The second-order valence-electron chi connectivity index (χ2n) is 11.0. The Bertz CT molecular complexity index is 1310. The SMILES string of the molecule is CC(C)c1ccc(NC(=O)N(CCCN2CCOCC2)CC(=O)N(Cc2ccc3c(c2)OCO3)Cc2ccco2)cc1. The van der Waals surface area contributed by atoms with Crippen molar-refractivity contribution >= 4 is 17.6 Å². The van der Waals surface area contributed by atoms with Gasteiger partial charge in [0.15, 0.2) is 11.5 Å². The number of fused-ring (bicyclic) bond motifs is 1. The topological polar surface area (TPSA) is 96.7 Å². The molecule has 0 radical (unpaired) electrons. The van der Waals surface area contributed by atoms with Crippen molar-refractivity contribution in [3.63, 3.8) is 0 Å². The number of rotatable bonds is 12. The summed E-state index contributed by atoms with van der Waals surface area (Å²) in [6.45, 7) is 9.45. The second-order valence-corrected chi connectivity index (χ2v) is 11.0. The molecule has 2 aliphatic rings. The molecule has 1 N–H and O–H groups in total. The van der Waals surface area contributed by atoms with E-state index in [-0.39, 0.29) is 31.8 Å². The van der Waals surface area contributed by atoms with Crippen LogP contribution in [0.3, 0.4) is 0 Å². The summed E-state index contributed by atoms with van der Waals surface area (Å²) in [5.74, 6) is 2.23. The molecule has 3 aromatic rings. The first-order valence-corrected chi connectivity index (χ1v) is 14.6. The van der Waals surface area contributed by atoms with Crippen LogP contribution in [-0.4, -0.2) is 79.4 Å². The van der Waals surface area contributed by atoms with E-state index in [1.807, 2.05) is 48.5 Å². The molecule has 0 aliphatic carbocycles. The predicted molar refractivity (Wildman–Crippen MR) is 159 cm³/mol. The van der Waals surface area contributed by atoms with Gasteiger partial charge in [-0.25, -0.2) is 4.79 Å². The van der Waals surface area contributed by atoms with Gasteiger partial charge in [-0.15, -0.1) is 0 Å². The molecule has 1 aromatic heterocycles. The molecule has 0 bridgehead atoms. The lowest BCUT2D eigenvalue weighted by Gasteiger charge is -2.30. The Kier molecular flexibility index (Phi) is 9.99. The molecule has 0 spiro atoms. The van der Waals surface area contributed by atoms with E-state index in [0.29, 0.717) is 42.0 Å². The van der Waals surface area contributed by atoms with Crippen LogP contribution in [0, 0.1) is 0 Å². The Labute approximate surface area is 247 Å². The van der Waals surface area contributed by atoms with Gasteiger partial charge in [0.25, 0.3) is 0 Å². The number of amides is 3. The molecule has 10 nitrogen and oxygen atoms in total. The molecule has 224 valence electrons. The number of ether oxygens (including phenoxy) is 3. The van der Waals surface area contributed by atoms with Crippen LogP contribution < -0.4 is 14.8 Å². The van der Waals surface area contributed by atoms with Crippen LogP contribution >= 0.6 is 0 Å². The number of hydrogen-bond donors (Lipinski definition) is 1. The molecule has 0 unspecified atom stereocenters. The van der Waals surface area contributed by atoms with E-state index in [1.165, 1.54) is 5.56 Å². The summed E-state index contributed by atoms with van der Waals surface area (Å²) in [5, 5.41) is 3.00. The zero-order valence-electron chi connectivity index (χ0n) is 24.4. The molecule has 3 amide bonds. The van der Waals surface area contributed by atoms with Gasteiger partial charge < -0.3 is 33.7 Å². The van der Waals surface area contributed by atoms with E-state index >= 15 is 0 Å². The quantitative estimate of drug-likeness (QED) is 0.327. The Morgan fingerprint density at radius 2 is 1.74 bits per heavy atom. The second kappa shape index (κ2) is 14.2. The summed E-state index contributed by atoms with van der Waals surface area (Å²) in [4.78, 5) is 33.0. The summed E-state index contributed by atoms with van der Waals surface area (Å²) < 4.78 is 22.0. The summed E-state index contributed by atoms with van der Waals surface area (Å²) >= 11 is 0. The number of furan rings is 1. The van der Waals surface area contributed by atoms with Crippen molar-refractivity contribution in [1.29, 1.82) is 0 Å². The Balaban J connectivity index is 1.29.